The molecule has 0 bridgehead atoms. The van der Waals surface area contributed by atoms with E-state index in [9.17, 15) is 14.7 Å². The Hall–Kier alpha value is -0.810. The SMILES string of the molecule is CC[S+]([O-])C1=CCC([N+](=O)[O-])C=C1. The van der Waals surface area contributed by atoms with Crippen molar-refractivity contribution in [2.45, 2.75) is 19.4 Å². The van der Waals surface area contributed by atoms with Crippen LogP contribution in [0.15, 0.2) is 23.1 Å². The maximum absolute atomic E-state index is 11.3. The molecule has 0 aromatic carbocycles. The Balaban J connectivity index is 2.59. The second-order valence-corrected chi connectivity index (χ2v) is 4.43. The highest BCUT2D eigenvalue weighted by Gasteiger charge is 2.21. The van der Waals surface area contributed by atoms with Crippen LogP contribution < -0.4 is 0 Å². The third-order valence-corrected chi connectivity index (χ3v) is 3.19. The van der Waals surface area contributed by atoms with Crippen LogP contribution in [0.25, 0.3) is 0 Å². The van der Waals surface area contributed by atoms with Gasteiger partial charge in [0, 0.05) is 11.3 Å². The first kappa shape index (κ1) is 10.3. The van der Waals surface area contributed by atoms with Crippen molar-refractivity contribution in [3.05, 3.63) is 33.2 Å². The summed E-state index contributed by atoms with van der Waals surface area (Å²) in [5, 5.41) is 10.3. The third kappa shape index (κ3) is 2.57. The molecule has 0 N–H and O–H groups in total. The van der Waals surface area contributed by atoms with Crippen molar-refractivity contribution < 1.29 is 9.48 Å². The number of hydrogen-bond acceptors (Lipinski definition) is 3. The number of nitro groups is 1. The van der Waals surface area contributed by atoms with E-state index in [1.54, 1.807) is 12.2 Å². The molecule has 0 saturated heterocycles. The van der Waals surface area contributed by atoms with Gasteiger partial charge in [0.05, 0.1) is 0 Å². The van der Waals surface area contributed by atoms with E-state index in [1.807, 2.05) is 6.92 Å². The molecule has 1 rings (SSSR count). The van der Waals surface area contributed by atoms with E-state index in [4.69, 9.17) is 0 Å². The van der Waals surface area contributed by atoms with Gasteiger partial charge in [-0.2, -0.15) is 0 Å². The molecule has 1 aliphatic carbocycles. The predicted octanol–water partition coefficient (Wildman–Crippen LogP) is 1.24. The molecule has 0 saturated carbocycles. The van der Waals surface area contributed by atoms with E-state index in [-0.39, 0.29) is 4.92 Å². The molecular weight excluding hydrogens is 190 g/mol. The van der Waals surface area contributed by atoms with Crippen molar-refractivity contribution in [2.75, 3.05) is 5.75 Å². The molecule has 1 aliphatic rings. The Morgan fingerprint density at radius 1 is 1.77 bits per heavy atom. The summed E-state index contributed by atoms with van der Waals surface area (Å²) in [6.07, 6.45) is 5.14. The van der Waals surface area contributed by atoms with Crippen LogP contribution in [-0.2, 0) is 11.2 Å². The first-order valence-corrected chi connectivity index (χ1v) is 5.37. The standard InChI is InChI=1S/C8H11NO3S/c1-2-13(12)8-5-3-7(4-6-8)9(10)11/h3,5-7H,2,4H2,1H3. The van der Waals surface area contributed by atoms with Crippen molar-refractivity contribution in [2.24, 2.45) is 0 Å². The Morgan fingerprint density at radius 2 is 2.46 bits per heavy atom. The summed E-state index contributed by atoms with van der Waals surface area (Å²) in [4.78, 5) is 10.7. The van der Waals surface area contributed by atoms with Crippen molar-refractivity contribution in [1.29, 1.82) is 0 Å². The van der Waals surface area contributed by atoms with E-state index in [0.717, 1.165) is 0 Å². The van der Waals surface area contributed by atoms with Crippen molar-refractivity contribution in [3.8, 4) is 0 Å². The lowest BCUT2D eigenvalue weighted by molar-refractivity contribution is -0.508. The minimum absolute atomic E-state index is 0.335. The molecule has 0 aliphatic heterocycles. The first-order valence-electron chi connectivity index (χ1n) is 4.05. The van der Waals surface area contributed by atoms with Crippen molar-refractivity contribution >= 4 is 11.2 Å². The van der Waals surface area contributed by atoms with Gasteiger partial charge in [-0.05, 0) is 36.3 Å². The molecule has 0 aromatic rings. The van der Waals surface area contributed by atoms with Crippen LogP contribution in [-0.4, -0.2) is 21.3 Å². The summed E-state index contributed by atoms with van der Waals surface area (Å²) in [6, 6.07) is -0.641. The zero-order valence-electron chi connectivity index (χ0n) is 7.30. The van der Waals surface area contributed by atoms with Gasteiger partial charge in [-0.1, -0.05) is 0 Å². The van der Waals surface area contributed by atoms with E-state index in [2.05, 4.69) is 0 Å². The summed E-state index contributed by atoms with van der Waals surface area (Å²) in [5.41, 5.74) is 0. The van der Waals surface area contributed by atoms with Crippen LogP contribution in [0.3, 0.4) is 0 Å². The summed E-state index contributed by atoms with van der Waals surface area (Å²) < 4.78 is 11.3. The van der Waals surface area contributed by atoms with Crippen LogP contribution in [0.1, 0.15) is 13.3 Å². The number of allylic oxidation sites excluding steroid dienone is 1. The monoisotopic (exact) mass is 201 g/mol. The van der Waals surface area contributed by atoms with Gasteiger partial charge < -0.3 is 4.55 Å². The van der Waals surface area contributed by atoms with E-state index < -0.39 is 17.2 Å². The lowest BCUT2D eigenvalue weighted by atomic mass is 10.1. The highest BCUT2D eigenvalue weighted by molar-refractivity contribution is 7.95. The lowest BCUT2D eigenvalue weighted by Gasteiger charge is -2.12. The fourth-order valence-electron chi connectivity index (χ4n) is 1.08. The predicted molar refractivity (Wildman–Crippen MR) is 51.3 cm³/mol. The number of nitrogens with zero attached hydrogens (tertiary/aromatic N) is 1. The molecule has 5 heteroatoms. The second kappa shape index (κ2) is 4.43. The molecule has 72 valence electrons. The molecule has 0 amide bonds. The van der Waals surface area contributed by atoms with E-state index in [0.29, 0.717) is 17.1 Å². The zero-order chi connectivity index (χ0) is 9.84. The minimum atomic E-state index is -0.990. The Morgan fingerprint density at radius 3 is 2.85 bits per heavy atom. The smallest absolute Gasteiger partial charge is 0.235 e. The van der Waals surface area contributed by atoms with Crippen molar-refractivity contribution in [1.82, 2.24) is 0 Å². The molecule has 0 heterocycles. The summed E-state index contributed by atoms with van der Waals surface area (Å²) in [6.45, 7) is 1.82. The van der Waals surface area contributed by atoms with Gasteiger partial charge in [0.15, 0.2) is 0 Å². The van der Waals surface area contributed by atoms with Gasteiger partial charge in [0.2, 0.25) is 6.04 Å². The molecular formula is C8H11NO3S. The van der Waals surface area contributed by atoms with Gasteiger partial charge in [-0.15, -0.1) is 0 Å². The molecule has 0 spiro atoms. The summed E-state index contributed by atoms with van der Waals surface area (Å²) in [5.74, 6) is 0.555. The zero-order valence-corrected chi connectivity index (χ0v) is 8.12. The fourth-order valence-corrected chi connectivity index (χ4v) is 1.93. The normalized spacial score (nSPS) is 23.8. The topological polar surface area (TPSA) is 66.2 Å². The largest absolute Gasteiger partial charge is 0.611 e. The van der Waals surface area contributed by atoms with Crippen LogP contribution in [0.2, 0.25) is 0 Å². The second-order valence-electron chi connectivity index (χ2n) is 2.69. The number of hydrogen-bond donors (Lipinski definition) is 0. The third-order valence-electron chi connectivity index (χ3n) is 1.84. The Bertz CT molecular complexity index is 262. The molecule has 2 atom stereocenters. The minimum Gasteiger partial charge on any atom is -0.611 e. The summed E-state index contributed by atoms with van der Waals surface area (Å²) in [7, 11) is 0. The highest BCUT2D eigenvalue weighted by Crippen LogP contribution is 2.18. The summed E-state index contributed by atoms with van der Waals surface area (Å²) >= 11 is -0.990. The lowest BCUT2D eigenvalue weighted by Crippen LogP contribution is -2.19. The average Bonchev–Trinajstić information content (AvgIpc) is 2.17. The molecule has 2 unspecified atom stereocenters. The van der Waals surface area contributed by atoms with Gasteiger partial charge in [0.25, 0.3) is 0 Å². The van der Waals surface area contributed by atoms with Crippen LogP contribution in [0.5, 0.6) is 0 Å². The highest BCUT2D eigenvalue weighted by atomic mass is 32.2. The van der Waals surface area contributed by atoms with Crippen LogP contribution >= 0.6 is 0 Å². The van der Waals surface area contributed by atoms with E-state index >= 15 is 0 Å². The van der Waals surface area contributed by atoms with Gasteiger partial charge in [-0.25, -0.2) is 0 Å². The number of rotatable bonds is 3. The van der Waals surface area contributed by atoms with Gasteiger partial charge in [0.1, 0.15) is 10.7 Å². The first-order chi connectivity index (χ1) is 6.15. The van der Waals surface area contributed by atoms with Crippen molar-refractivity contribution in [3.63, 3.8) is 0 Å². The Labute approximate surface area is 79.7 Å². The van der Waals surface area contributed by atoms with E-state index in [1.165, 1.54) is 6.08 Å². The molecule has 0 fully saturated rings. The van der Waals surface area contributed by atoms with Crippen LogP contribution in [0.4, 0.5) is 0 Å². The molecule has 0 aromatic heterocycles. The van der Waals surface area contributed by atoms with Gasteiger partial charge in [-0.3, -0.25) is 10.1 Å². The van der Waals surface area contributed by atoms with Crippen LogP contribution in [0, 0.1) is 10.1 Å². The fraction of sp³-hybridized carbons (Fsp3) is 0.500. The molecule has 13 heavy (non-hydrogen) atoms. The Kier molecular flexibility index (Phi) is 3.50. The maximum Gasteiger partial charge on any atom is 0.235 e. The maximum atomic E-state index is 11.3. The molecule has 4 nitrogen and oxygen atoms in total. The quantitative estimate of drug-likeness (QED) is 0.392. The van der Waals surface area contributed by atoms with Gasteiger partial charge >= 0.3 is 0 Å². The average molecular weight is 201 g/mol. The molecule has 0 radical (unpaired) electrons.